The van der Waals surface area contributed by atoms with Gasteiger partial charge in [-0.15, -0.1) is 0 Å². The number of urea groups is 1. The molecule has 0 saturated carbocycles. The van der Waals surface area contributed by atoms with Crippen molar-refractivity contribution in [1.82, 2.24) is 15.5 Å². The Morgan fingerprint density at radius 1 is 1.29 bits per heavy atom. The van der Waals surface area contributed by atoms with Crippen LogP contribution in [0.1, 0.15) is 20.3 Å². The molecule has 0 aliphatic carbocycles. The molecule has 1 atom stereocenters. The topological polar surface area (TPSA) is 108 Å². The molecule has 8 nitrogen and oxygen atoms in total. The first kappa shape index (κ1) is 19.2. The zero-order chi connectivity index (χ0) is 16.4. The largest absolute Gasteiger partial charge is 0.481 e. The Labute approximate surface area is 124 Å². The van der Waals surface area contributed by atoms with Crippen molar-refractivity contribution in [3.05, 3.63) is 0 Å². The van der Waals surface area contributed by atoms with Gasteiger partial charge in [-0.1, -0.05) is 13.8 Å². The van der Waals surface area contributed by atoms with Crippen molar-refractivity contribution in [3.8, 4) is 0 Å². The highest BCUT2D eigenvalue weighted by atomic mass is 16.5. The minimum absolute atomic E-state index is 0.0195. The molecule has 1 unspecified atom stereocenters. The standard InChI is InChI=1S/C13H25N3O5/c1-9(2)10(7-12(18)19)15-13(20)16(3)8-11(17)14-5-6-21-4/h9-10H,5-8H2,1-4H3,(H,14,17)(H,15,20)(H,18,19). The highest BCUT2D eigenvalue weighted by Gasteiger charge is 2.21. The van der Waals surface area contributed by atoms with Crippen LogP contribution in [0.2, 0.25) is 0 Å². The molecule has 21 heavy (non-hydrogen) atoms. The molecular formula is C13H25N3O5. The van der Waals surface area contributed by atoms with Gasteiger partial charge in [0.05, 0.1) is 13.0 Å². The van der Waals surface area contributed by atoms with Gasteiger partial charge in [0, 0.05) is 26.7 Å². The smallest absolute Gasteiger partial charge is 0.317 e. The normalized spacial score (nSPS) is 11.9. The molecule has 0 aromatic heterocycles. The fourth-order valence-corrected chi connectivity index (χ4v) is 1.55. The molecule has 3 amide bonds. The van der Waals surface area contributed by atoms with Crippen LogP contribution in [0.4, 0.5) is 4.79 Å². The van der Waals surface area contributed by atoms with Gasteiger partial charge in [-0.25, -0.2) is 4.79 Å². The highest BCUT2D eigenvalue weighted by molar-refractivity contribution is 5.84. The average Bonchev–Trinajstić information content (AvgIpc) is 2.37. The summed E-state index contributed by atoms with van der Waals surface area (Å²) in [5.41, 5.74) is 0. The van der Waals surface area contributed by atoms with Crippen LogP contribution in [-0.4, -0.2) is 67.8 Å². The Bertz CT molecular complexity index is 360. The number of ether oxygens (including phenoxy) is 1. The van der Waals surface area contributed by atoms with Crippen molar-refractivity contribution < 1.29 is 24.2 Å². The third-order valence-corrected chi connectivity index (χ3v) is 2.86. The Morgan fingerprint density at radius 2 is 1.90 bits per heavy atom. The summed E-state index contributed by atoms with van der Waals surface area (Å²) in [5, 5.41) is 14.0. The Hall–Kier alpha value is -1.83. The molecule has 0 rings (SSSR count). The van der Waals surface area contributed by atoms with E-state index in [2.05, 4.69) is 10.6 Å². The molecule has 0 aromatic carbocycles. The third-order valence-electron chi connectivity index (χ3n) is 2.86. The summed E-state index contributed by atoms with van der Waals surface area (Å²) in [6.07, 6.45) is -0.155. The van der Waals surface area contributed by atoms with Crippen molar-refractivity contribution in [2.45, 2.75) is 26.3 Å². The minimum atomic E-state index is -0.978. The van der Waals surface area contributed by atoms with E-state index < -0.39 is 18.0 Å². The van der Waals surface area contributed by atoms with E-state index in [9.17, 15) is 14.4 Å². The lowest BCUT2D eigenvalue weighted by molar-refractivity contribution is -0.137. The van der Waals surface area contributed by atoms with E-state index in [0.29, 0.717) is 13.2 Å². The quantitative estimate of drug-likeness (QED) is 0.515. The van der Waals surface area contributed by atoms with E-state index in [4.69, 9.17) is 9.84 Å². The second kappa shape index (κ2) is 9.98. The lowest BCUT2D eigenvalue weighted by atomic mass is 10.0. The van der Waals surface area contributed by atoms with Crippen LogP contribution in [0.5, 0.6) is 0 Å². The minimum Gasteiger partial charge on any atom is -0.481 e. The summed E-state index contributed by atoms with van der Waals surface area (Å²) >= 11 is 0. The van der Waals surface area contributed by atoms with Gasteiger partial charge in [-0.2, -0.15) is 0 Å². The van der Waals surface area contributed by atoms with Gasteiger partial charge in [0.25, 0.3) is 0 Å². The lowest BCUT2D eigenvalue weighted by Gasteiger charge is -2.24. The number of amides is 3. The molecule has 0 fully saturated rings. The van der Waals surface area contributed by atoms with Crippen molar-refractivity contribution in [2.24, 2.45) is 5.92 Å². The Balaban J connectivity index is 4.29. The summed E-state index contributed by atoms with van der Waals surface area (Å²) in [6, 6.07) is -0.953. The number of hydrogen-bond donors (Lipinski definition) is 3. The second-order valence-corrected chi connectivity index (χ2v) is 5.10. The summed E-state index contributed by atoms with van der Waals surface area (Å²) in [6.45, 7) is 4.32. The first-order valence-corrected chi connectivity index (χ1v) is 6.77. The number of nitrogens with one attached hydrogen (secondary N) is 2. The SMILES string of the molecule is COCCNC(=O)CN(C)C(=O)NC(CC(=O)O)C(C)C. The number of carboxylic acid groups (broad SMARTS) is 1. The number of carbonyl (C=O) groups is 3. The number of carboxylic acids is 1. The van der Waals surface area contributed by atoms with Gasteiger partial charge in [-0.05, 0) is 5.92 Å². The number of likely N-dealkylation sites (N-methyl/N-ethyl adjacent to an activating group) is 1. The molecule has 0 saturated heterocycles. The summed E-state index contributed by atoms with van der Waals surface area (Å²) in [7, 11) is 3.00. The second-order valence-electron chi connectivity index (χ2n) is 5.10. The molecule has 0 heterocycles. The molecule has 0 aliphatic heterocycles. The maximum Gasteiger partial charge on any atom is 0.317 e. The van der Waals surface area contributed by atoms with Gasteiger partial charge in [-0.3, -0.25) is 9.59 Å². The summed E-state index contributed by atoms with van der Waals surface area (Å²) < 4.78 is 4.80. The van der Waals surface area contributed by atoms with Crippen molar-refractivity contribution in [1.29, 1.82) is 0 Å². The van der Waals surface area contributed by atoms with E-state index in [1.54, 1.807) is 0 Å². The number of carbonyl (C=O) groups excluding carboxylic acids is 2. The summed E-state index contributed by atoms with van der Waals surface area (Å²) in [5.74, 6) is -1.30. The van der Waals surface area contributed by atoms with E-state index >= 15 is 0 Å². The van der Waals surface area contributed by atoms with E-state index in [-0.39, 0.29) is 24.8 Å². The molecule has 0 aromatic rings. The molecule has 0 spiro atoms. The lowest BCUT2D eigenvalue weighted by Crippen LogP contribution is -2.48. The van der Waals surface area contributed by atoms with Crippen molar-refractivity contribution in [2.75, 3.05) is 33.9 Å². The fraction of sp³-hybridized carbons (Fsp3) is 0.769. The molecule has 0 aliphatic rings. The Kier molecular flexibility index (Phi) is 9.11. The molecule has 3 N–H and O–H groups in total. The third kappa shape index (κ3) is 8.85. The van der Waals surface area contributed by atoms with E-state index in [1.807, 2.05) is 13.8 Å². The van der Waals surface area contributed by atoms with Crippen molar-refractivity contribution >= 4 is 17.9 Å². The number of methoxy groups -OCH3 is 1. The molecular weight excluding hydrogens is 278 g/mol. The van der Waals surface area contributed by atoms with Crippen LogP contribution in [0.15, 0.2) is 0 Å². The van der Waals surface area contributed by atoms with Gasteiger partial charge >= 0.3 is 12.0 Å². The molecule has 122 valence electrons. The molecule has 0 bridgehead atoms. The maximum atomic E-state index is 11.9. The summed E-state index contributed by atoms with van der Waals surface area (Å²) in [4.78, 5) is 35.4. The monoisotopic (exact) mass is 303 g/mol. The van der Waals surface area contributed by atoms with Gasteiger partial charge in [0.2, 0.25) is 5.91 Å². The highest BCUT2D eigenvalue weighted by Crippen LogP contribution is 2.06. The zero-order valence-electron chi connectivity index (χ0n) is 13.0. The van der Waals surface area contributed by atoms with Gasteiger partial charge < -0.3 is 25.4 Å². The van der Waals surface area contributed by atoms with Crippen LogP contribution < -0.4 is 10.6 Å². The first-order valence-electron chi connectivity index (χ1n) is 6.77. The van der Waals surface area contributed by atoms with Crippen LogP contribution >= 0.6 is 0 Å². The first-order chi connectivity index (χ1) is 9.77. The predicted octanol–water partition coefficient (Wildman–Crippen LogP) is -0.110. The molecule has 8 heteroatoms. The number of aliphatic carboxylic acids is 1. The van der Waals surface area contributed by atoms with Gasteiger partial charge in [0.1, 0.15) is 6.54 Å². The van der Waals surface area contributed by atoms with Crippen LogP contribution in [0.25, 0.3) is 0 Å². The van der Waals surface area contributed by atoms with E-state index in [0.717, 1.165) is 0 Å². The number of rotatable bonds is 9. The zero-order valence-corrected chi connectivity index (χ0v) is 13.0. The number of nitrogens with zero attached hydrogens (tertiary/aromatic N) is 1. The van der Waals surface area contributed by atoms with Gasteiger partial charge in [0.15, 0.2) is 0 Å². The van der Waals surface area contributed by atoms with E-state index in [1.165, 1.54) is 19.1 Å². The molecule has 0 radical (unpaired) electrons. The number of hydrogen-bond acceptors (Lipinski definition) is 4. The fourth-order valence-electron chi connectivity index (χ4n) is 1.55. The van der Waals surface area contributed by atoms with Crippen LogP contribution in [0, 0.1) is 5.92 Å². The average molecular weight is 303 g/mol. The predicted molar refractivity (Wildman–Crippen MR) is 76.9 cm³/mol. The maximum absolute atomic E-state index is 11.9. The van der Waals surface area contributed by atoms with Crippen LogP contribution in [0.3, 0.4) is 0 Å². The van der Waals surface area contributed by atoms with Crippen LogP contribution in [-0.2, 0) is 14.3 Å². The van der Waals surface area contributed by atoms with Crippen molar-refractivity contribution in [3.63, 3.8) is 0 Å². The Morgan fingerprint density at radius 3 is 2.38 bits per heavy atom.